The van der Waals surface area contributed by atoms with Crippen molar-refractivity contribution in [3.8, 4) is 6.07 Å². The molecule has 1 aliphatic heterocycles. The van der Waals surface area contributed by atoms with Gasteiger partial charge in [0.15, 0.2) is 5.57 Å². The number of carbonyl (C=O) groups is 3. The first-order chi connectivity index (χ1) is 29.9. The highest BCUT2D eigenvalue weighted by molar-refractivity contribution is 5.95. The third-order valence-electron chi connectivity index (χ3n) is 12.4. The number of nitrogens with zero attached hydrogens (tertiary/aromatic N) is 2. The van der Waals surface area contributed by atoms with Gasteiger partial charge in [-0.05, 0) is 96.7 Å². The molecular weight excluding hydrogens is 763 g/mol. The molecule has 354 valence electrons. The van der Waals surface area contributed by atoms with Gasteiger partial charge in [-0.15, -0.1) is 0 Å². The molecule has 0 aromatic carbocycles. The molecule has 0 bridgehead atoms. The minimum atomic E-state index is -0.537. The molecule has 0 radical (unpaired) electrons. The average molecular weight is 858 g/mol. The molecule has 1 atom stereocenters. The van der Waals surface area contributed by atoms with Crippen LogP contribution in [0.15, 0.2) is 11.3 Å². The molecule has 0 fully saturated rings. The smallest absolute Gasteiger partial charge is 0.351 e. The van der Waals surface area contributed by atoms with Crippen molar-refractivity contribution in [1.82, 2.24) is 10.2 Å². The summed E-state index contributed by atoms with van der Waals surface area (Å²) in [4.78, 5) is 39.7. The predicted molar refractivity (Wildman–Crippen MR) is 252 cm³/mol. The lowest BCUT2D eigenvalue weighted by molar-refractivity contribution is -0.150. The summed E-state index contributed by atoms with van der Waals surface area (Å²) in [6.07, 6.45) is 39.5. The Morgan fingerprint density at radius 3 is 1.43 bits per heavy atom. The number of hydrogen-bond donors (Lipinski definition) is 1. The van der Waals surface area contributed by atoms with E-state index in [1.165, 1.54) is 96.3 Å². The van der Waals surface area contributed by atoms with E-state index in [9.17, 15) is 19.6 Å². The summed E-state index contributed by atoms with van der Waals surface area (Å²) in [7, 11) is 0. The Balaban J connectivity index is 2.41. The van der Waals surface area contributed by atoms with Crippen LogP contribution >= 0.6 is 0 Å². The van der Waals surface area contributed by atoms with Crippen LogP contribution in [-0.4, -0.2) is 67.8 Å². The van der Waals surface area contributed by atoms with Crippen molar-refractivity contribution >= 4 is 17.9 Å². The Morgan fingerprint density at radius 1 is 0.574 bits per heavy atom. The minimum Gasteiger partial charge on any atom is -0.462 e. The highest BCUT2D eigenvalue weighted by Gasteiger charge is 2.24. The van der Waals surface area contributed by atoms with Crippen molar-refractivity contribution in [3.05, 3.63) is 11.3 Å². The van der Waals surface area contributed by atoms with Gasteiger partial charge in [-0.3, -0.25) is 9.59 Å². The van der Waals surface area contributed by atoms with Crippen molar-refractivity contribution in [3.63, 3.8) is 0 Å². The number of nitriles is 1. The van der Waals surface area contributed by atoms with Gasteiger partial charge in [0.25, 0.3) is 0 Å². The van der Waals surface area contributed by atoms with Crippen molar-refractivity contribution in [2.45, 2.75) is 265 Å². The van der Waals surface area contributed by atoms with E-state index < -0.39 is 5.97 Å². The highest BCUT2D eigenvalue weighted by Crippen LogP contribution is 2.19. The van der Waals surface area contributed by atoms with E-state index in [0.29, 0.717) is 25.1 Å². The number of carbonyl (C=O) groups excluding carboxylic acids is 3. The molecule has 0 aromatic rings. The fraction of sp³-hybridized carbons (Fsp3) is 0.885. The topological polar surface area (TPSA) is 118 Å². The third-order valence-corrected chi connectivity index (χ3v) is 12.4. The first-order valence-corrected chi connectivity index (χ1v) is 26.0. The summed E-state index contributed by atoms with van der Waals surface area (Å²) in [6.45, 7) is 12.7. The first-order valence-electron chi connectivity index (χ1n) is 26.0. The zero-order valence-electron chi connectivity index (χ0n) is 40.3. The van der Waals surface area contributed by atoms with Gasteiger partial charge in [0.05, 0.1) is 5.70 Å². The molecule has 9 nitrogen and oxygen atoms in total. The highest BCUT2D eigenvalue weighted by atomic mass is 16.5. The van der Waals surface area contributed by atoms with Crippen LogP contribution in [0.5, 0.6) is 0 Å². The largest absolute Gasteiger partial charge is 0.462 e. The summed E-state index contributed by atoms with van der Waals surface area (Å²) < 4.78 is 16.9. The second-order valence-corrected chi connectivity index (χ2v) is 18.0. The average Bonchev–Trinajstić information content (AvgIpc) is 3.62. The van der Waals surface area contributed by atoms with E-state index in [1.54, 1.807) is 0 Å². The van der Waals surface area contributed by atoms with Gasteiger partial charge in [0.1, 0.15) is 24.9 Å². The molecule has 0 aliphatic carbocycles. The van der Waals surface area contributed by atoms with E-state index in [0.717, 1.165) is 135 Å². The maximum atomic E-state index is 12.9. The van der Waals surface area contributed by atoms with E-state index in [1.807, 2.05) is 6.07 Å². The van der Waals surface area contributed by atoms with E-state index >= 15 is 0 Å². The van der Waals surface area contributed by atoms with Crippen molar-refractivity contribution in [2.24, 2.45) is 0 Å². The molecule has 1 heterocycles. The zero-order chi connectivity index (χ0) is 44.4. The Labute approximate surface area is 375 Å². The number of cyclic esters (lactones) is 1. The molecule has 1 unspecified atom stereocenters. The normalized spacial score (nSPS) is 13.2. The number of hydrogen-bond acceptors (Lipinski definition) is 9. The standard InChI is InChI=1S/C52H95N3O6/c1-5-9-12-15-20-27-35-46(8-4)60-50(56)38-30-23-18-25-32-41-55(43-34-40-54-49-45-59-52(58)48(49)44-53)42-33-26-19-24-31-39-51(57)61-47(36-28-21-16-13-10-6-2)37-29-22-17-14-11-7-3/h46-47,54H,5-43,45H2,1-4H3. The number of ether oxygens (including phenoxy) is 3. The monoisotopic (exact) mass is 858 g/mol. The lowest BCUT2D eigenvalue weighted by Gasteiger charge is -2.22. The van der Waals surface area contributed by atoms with Crippen LogP contribution in [0, 0.1) is 11.3 Å². The van der Waals surface area contributed by atoms with Gasteiger partial charge in [-0.2, -0.15) is 5.26 Å². The molecule has 1 N–H and O–H groups in total. The van der Waals surface area contributed by atoms with Gasteiger partial charge in [0.2, 0.25) is 0 Å². The number of esters is 3. The van der Waals surface area contributed by atoms with Crippen molar-refractivity contribution in [1.29, 1.82) is 5.26 Å². The molecule has 1 rings (SSSR count). The van der Waals surface area contributed by atoms with Crippen molar-refractivity contribution in [2.75, 3.05) is 32.8 Å². The Kier molecular flexibility index (Phi) is 38.3. The number of nitrogens with one attached hydrogen (secondary N) is 1. The molecule has 9 heteroatoms. The van der Waals surface area contributed by atoms with E-state index in [2.05, 4.69) is 37.9 Å². The number of rotatable bonds is 45. The summed E-state index contributed by atoms with van der Waals surface area (Å²) >= 11 is 0. The predicted octanol–water partition coefficient (Wildman–Crippen LogP) is 13.8. The summed E-state index contributed by atoms with van der Waals surface area (Å²) in [6, 6.07) is 1.97. The summed E-state index contributed by atoms with van der Waals surface area (Å²) in [5.41, 5.74) is 0.693. The maximum Gasteiger partial charge on any atom is 0.351 e. The first kappa shape index (κ1) is 56.4. The van der Waals surface area contributed by atoms with Crippen LogP contribution < -0.4 is 5.32 Å². The van der Waals surface area contributed by atoms with Crippen LogP contribution in [0.4, 0.5) is 0 Å². The zero-order valence-corrected chi connectivity index (χ0v) is 40.3. The van der Waals surface area contributed by atoms with Crippen molar-refractivity contribution < 1.29 is 28.6 Å². The van der Waals surface area contributed by atoms with Crippen LogP contribution in [0.1, 0.15) is 252 Å². The fourth-order valence-corrected chi connectivity index (χ4v) is 8.36. The van der Waals surface area contributed by atoms with Crippen LogP contribution in [0.2, 0.25) is 0 Å². The van der Waals surface area contributed by atoms with Gasteiger partial charge in [-0.25, -0.2) is 4.79 Å². The molecular formula is C52H95N3O6. The van der Waals surface area contributed by atoms with Gasteiger partial charge in [0, 0.05) is 19.4 Å². The fourth-order valence-electron chi connectivity index (χ4n) is 8.36. The Bertz CT molecular complexity index is 1140. The van der Waals surface area contributed by atoms with Gasteiger partial charge < -0.3 is 24.4 Å². The molecule has 0 amide bonds. The Hall–Kier alpha value is -2.60. The maximum absolute atomic E-state index is 12.9. The third kappa shape index (κ3) is 32.7. The summed E-state index contributed by atoms with van der Waals surface area (Å²) in [5, 5.41) is 12.6. The second-order valence-electron chi connectivity index (χ2n) is 18.0. The Morgan fingerprint density at radius 2 is 0.967 bits per heavy atom. The number of unbranched alkanes of at least 4 members (excludes halogenated alkanes) is 23. The molecule has 0 saturated heterocycles. The SMILES string of the molecule is CCCCCCCCC(CC)OC(=O)CCCCCCCN(CCCCCCCC(=O)OC(CCCCCCCC)CCCCCCCC)CCCNC1=C(C#N)C(=O)OC1. The van der Waals surface area contributed by atoms with E-state index in [-0.39, 0.29) is 36.3 Å². The van der Waals surface area contributed by atoms with E-state index in [4.69, 9.17) is 14.2 Å². The molecule has 1 aliphatic rings. The lowest BCUT2D eigenvalue weighted by Crippen LogP contribution is -2.30. The van der Waals surface area contributed by atoms with Gasteiger partial charge >= 0.3 is 17.9 Å². The van der Waals surface area contributed by atoms with Gasteiger partial charge in [-0.1, -0.05) is 163 Å². The molecule has 0 spiro atoms. The van der Waals surface area contributed by atoms with Crippen LogP contribution in [0.3, 0.4) is 0 Å². The van der Waals surface area contributed by atoms with Crippen LogP contribution in [0.25, 0.3) is 0 Å². The molecule has 61 heavy (non-hydrogen) atoms. The summed E-state index contributed by atoms with van der Waals surface area (Å²) in [5.74, 6) is -0.572. The van der Waals surface area contributed by atoms with Crippen LogP contribution in [-0.2, 0) is 28.6 Å². The molecule has 0 aromatic heterocycles. The quantitative estimate of drug-likeness (QED) is 0.0363. The second kappa shape index (κ2) is 41.4. The molecule has 0 saturated carbocycles. The minimum absolute atomic E-state index is 0.00296. The lowest BCUT2D eigenvalue weighted by atomic mass is 10.0.